The molecule has 1 unspecified atom stereocenters. The maximum atomic E-state index is 9.63. The van der Waals surface area contributed by atoms with Crippen LogP contribution in [0.25, 0.3) is 11.0 Å². The maximum absolute atomic E-state index is 9.63. The van der Waals surface area contributed by atoms with Crippen LogP contribution in [0.2, 0.25) is 0 Å². The third-order valence-electron chi connectivity index (χ3n) is 4.51. The summed E-state index contributed by atoms with van der Waals surface area (Å²) >= 11 is 0. The van der Waals surface area contributed by atoms with E-state index in [4.69, 9.17) is 4.74 Å². The number of hydrogen-bond donors (Lipinski definition) is 1. The SMILES string of the molecule is CCC(CO)C1(c2ccc3c(c2)ncn3C)COC1. The third kappa shape index (κ3) is 1.78. The molecule has 1 N–H and O–H groups in total. The molecule has 19 heavy (non-hydrogen) atoms. The van der Waals surface area contributed by atoms with Crippen molar-refractivity contribution in [2.75, 3.05) is 19.8 Å². The van der Waals surface area contributed by atoms with Gasteiger partial charge in [-0.1, -0.05) is 19.4 Å². The highest BCUT2D eigenvalue weighted by Gasteiger charge is 2.46. The molecule has 0 amide bonds. The van der Waals surface area contributed by atoms with Crippen LogP contribution >= 0.6 is 0 Å². The van der Waals surface area contributed by atoms with Crippen LogP contribution in [-0.2, 0) is 17.2 Å². The largest absolute Gasteiger partial charge is 0.396 e. The quantitative estimate of drug-likeness (QED) is 0.912. The lowest BCUT2D eigenvalue weighted by molar-refractivity contribution is -0.101. The van der Waals surface area contributed by atoms with Gasteiger partial charge in [-0.3, -0.25) is 0 Å². The van der Waals surface area contributed by atoms with E-state index in [0.29, 0.717) is 13.2 Å². The van der Waals surface area contributed by atoms with Gasteiger partial charge >= 0.3 is 0 Å². The zero-order chi connectivity index (χ0) is 13.5. The summed E-state index contributed by atoms with van der Waals surface area (Å²) in [5.41, 5.74) is 3.36. The number of fused-ring (bicyclic) bond motifs is 1. The van der Waals surface area contributed by atoms with Crippen LogP contribution in [0.1, 0.15) is 18.9 Å². The molecule has 1 saturated heterocycles. The second-order valence-electron chi connectivity index (χ2n) is 5.50. The number of aromatic nitrogens is 2. The highest BCUT2D eigenvalue weighted by Crippen LogP contribution is 2.41. The minimum atomic E-state index is -0.0325. The van der Waals surface area contributed by atoms with Crippen LogP contribution in [0, 0.1) is 5.92 Å². The Labute approximate surface area is 113 Å². The highest BCUT2D eigenvalue weighted by atomic mass is 16.5. The smallest absolute Gasteiger partial charge is 0.0955 e. The van der Waals surface area contributed by atoms with E-state index in [1.807, 2.05) is 17.9 Å². The van der Waals surface area contributed by atoms with Crippen molar-refractivity contribution >= 4 is 11.0 Å². The van der Waals surface area contributed by atoms with Gasteiger partial charge in [0.2, 0.25) is 0 Å². The molecule has 0 bridgehead atoms. The van der Waals surface area contributed by atoms with Crippen molar-refractivity contribution in [3.8, 4) is 0 Å². The Morgan fingerprint density at radius 2 is 2.26 bits per heavy atom. The predicted molar refractivity (Wildman–Crippen MR) is 74.1 cm³/mol. The molecule has 1 fully saturated rings. The van der Waals surface area contributed by atoms with Gasteiger partial charge in [0, 0.05) is 19.1 Å². The number of aliphatic hydroxyl groups excluding tert-OH is 1. The molecule has 0 aliphatic carbocycles. The Hall–Kier alpha value is -1.39. The molecule has 1 aromatic carbocycles. The molecule has 2 heterocycles. The van der Waals surface area contributed by atoms with Crippen LogP contribution in [0.4, 0.5) is 0 Å². The minimum absolute atomic E-state index is 0.0325. The zero-order valence-corrected chi connectivity index (χ0v) is 11.5. The molecule has 0 radical (unpaired) electrons. The molecular formula is C15H20N2O2. The predicted octanol–water partition coefficient (Wildman–Crippen LogP) is 1.86. The molecule has 1 aliphatic rings. The van der Waals surface area contributed by atoms with E-state index < -0.39 is 0 Å². The first-order valence-electron chi connectivity index (χ1n) is 6.81. The number of benzene rings is 1. The standard InChI is InChI=1S/C15H20N2O2/c1-3-11(7-18)15(8-19-9-15)12-4-5-14-13(6-12)16-10-17(14)2/h4-6,10-11,18H,3,7-9H2,1-2H3. The van der Waals surface area contributed by atoms with Crippen molar-refractivity contribution < 1.29 is 9.84 Å². The number of hydrogen-bond acceptors (Lipinski definition) is 3. The summed E-state index contributed by atoms with van der Waals surface area (Å²) in [4.78, 5) is 4.42. The van der Waals surface area contributed by atoms with E-state index >= 15 is 0 Å². The summed E-state index contributed by atoms with van der Waals surface area (Å²) in [6, 6.07) is 6.42. The van der Waals surface area contributed by atoms with Crippen molar-refractivity contribution in [1.82, 2.24) is 9.55 Å². The normalized spacial score (nSPS) is 19.3. The first-order valence-corrected chi connectivity index (χ1v) is 6.81. The summed E-state index contributed by atoms with van der Waals surface area (Å²) in [6.45, 7) is 3.73. The lowest BCUT2D eigenvalue weighted by Crippen LogP contribution is -2.53. The van der Waals surface area contributed by atoms with Gasteiger partial charge in [0.05, 0.1) is 30.6 Å². The maximum Gasteiger partial charge on any atom is 0.0955 e. The Morgan fingerprint density at radius 1 is 1.47 bits per heavy atom. The van der Waals surface area contributed by atoms with Gasteiger partial charge < -0.3 is 14.4 Å². The van der Waals surface area contributed by atoms with Crippen LogP contribution in [-0.4, -0.2) is 34.5 Å². The summed E-state index contributed by atoms with van der Waals surface area (Å²) in [5, 5.41) is 9.63. The zero-order valence-electron chi connectivity index (χ0n) is 11.5. The monoisotopic (exact) mass is 260 g/mol. The minimum Gasteiger partial charge on any atom is -0.396 e. The van der Waals surface area contributed by atoms with Gasteiger partial charge in [-0.05, 0) is 23.6 Å². The number of aliphatic hydroxyl groups is 1. The molecule has 102 valence electrons. The van der Waals surface area contributed by atoms with Crippen molar-refractivity contribution in [2.45, 2.75) is 18.8 Å². The topological polar surface area (TPSA) is 47.3 Å². The Balaban J connectivity index is 2.06. The Kier molecular flexibility index (Phi) is 3.07. The number of nitrogens with zero attached hydrogens (tertiary/aromatic N) is 2. The van der Waals surface area contributed by atoms with Gasteiger partial charge in [-0.15, -0.1) is 0 Å². The second-order valence-corrected chi connectivity index (χ2v) is 5.50. The van der Waals surface area contributed by atoms with Crippen LogP contribution in [0.3, 0.4) is 0 Å². The number of rotatable bonds is 4. The van der Waals surface area contributed by atoms with E-state index in [1.54, 1.807) is 0 Å². The van der Waals surface area contributed by atoms with Crippen LogP contribution < -0.4 is 0 Å². The molecule has 2 aromatic rings. The summed E-state index contributed by atoms with van der Waals surface area (Å²) in [7, 11) is 2.00. The summed E-state index contributed by atoms with van der Waals surface area (Å²) in [5.74, 6) is 0.252. The molecule has 1 atom stereocenters. The lowest BCUT2D eigenvalue weighted by atomic mass is 9.68. The molecular weight excluding hydrogens is 240 g/mol. The Bertz CT molecular complexity index is 583. The van der Waals surface area contributed by atoms with Crippen molar-refractivity contribution in [3.05, 3.63) is 30.1 Å². The van der Waals surface area contributed by atoms with E-state index in [0.717, 1.165) is 17.5 Å². The number of ether oxygens (including phenoxy) is 1. The van der Waals surface area contributed by atoms with Gasteiger partial charge in [-0.2, -0.15) is 0 Å². The van der Waals surface area contributed by atoms with E-state index in [1.165, 1.54) is 5.56 Å². The van der Waals surface area contributed by atoms with Crippen molar-refractivity contribution in [3.63, 3.8) is 0 Å². The fourth-order valence-corrected chi connectivity index (χ4v) is 3.10. The van der Waals surface area contributed by atoms with Gasteiger partial charge in [-0.25, -0.2) is 4.98 Å². The highest BCUT2D eigenvalue weighted by molar-refractivity contribution is 5.76. The van der Waals surface area contributed by atoms with Gasteiger partial charge in [0.15, 0.2) is 0 Å². The second kappa shape index (κ2) is 4.62. The van der Waals surface area contributed by atoms with E-state index in [2.05, 4.69) is 30.1 Å². The lowest BCUT2D eigenvalue weighted by Gasteiger charge is -2.47. The molecule has 0 saturated carbocycles. The fraction of sp³-hybridized carbons (Fsp3) is 0.533. The van der Waals surface area contributed by atoms with E-state index in [-0.39, 0.29) is 17.9 Å². The number of aryl methyl sites for hydroxylation is 1. The van der Waals surface area contributed by atoms with Crippen LogP contribution in [0.5, 0.6) is 0 Å². The molecule has 0 spiro atoms. The van der Waals surface area contributed by atoms with Crippen molar-refractivity contribution in [1.29, 1.82) is 0 Å². The fourth-order valence-electron chi connectivity index (χ4n) is 3.10. The molecule has 1 aromatic heterocycles. The van der Waals surface area contributed by atoms with Crippen molar-refractivity contribution in [2.24, 2.45) is 13.0 Å². The molecule has 4 heteroatoms. The summed E-state index contributed by atoms with van der Waals surface area (Å²) < 4.78 is 7.48. The first kappa shape index (κ1) is 12.6. The van der Waals surface area contributed by atoms with E-state index in [9.17, 15) is 5.11 Å². The average Bonchev–Trinajstić information content (AvgIpc) is 2.75. The molecule has 3 rings (SSSR count). The summed E-state index contributed by atoms with van der Waals surface area (Å²) in [6.07, 6.45) is 2.79. The Morgan fingerprint density at radius 3 is 2.84 bits per heavy atom. The average molecular weight is 260 g/mol. The molecule has 4 nitrogen and oxygen atoms in total. The van der Waals surface area contributed by atoms with Gasteiger partial charge in [0.1, 0.15) is 0 Å². The molecule has 1 aliphatic heterocycles. The van der Waals surface area contributed by atoms with Gasteiger partial charge in [0.25, 0.3) is 0 Å². The number of imidazole rings is 1. The first-order chi connectivity index (χ1) is 9.21. The van der Waals surface area contributed by atoms with Crippen LogP contribution in [0.15, 0.2) is 24.5 Å². The third-order valence-corrected chi connectivity index (χ3v) is 4.51.